The maximum Gasteiger partial charge on any atom is 0.240 e. The van der Waals surface area contributed by atoms with E-state index in [1.807, 2.05) is 36.4 Å². The summed E-state index contributed by atoms with van der Waals surface area (Å²) in [5.41, 5.74) is 6.36. The molecule has 0 aliphatic carbocycles. The van der Waals surface area contributed by atoms with Crippen molar-refractivity contribution in [3.8, 4) is 5.75 Å². The largest absolute Gasteiger partial charge is 0.496 e. The highest BCUT2D eigenvalue weighted by Crippen LogP contribution is 2.28. The van der Waals surface area contributed by atoms with Crippen LogP contribution in [-0.4, -0.2) is 31.8 Å². The van der Waals surface area contributed by atoms with Gasteiger partial charge in [-0.3, -0.25) is 4.79 Å². The number of fused-ring (bicyclic) bond motifs is 1. The average Bonchev–Trinajstić information content (AvgIpc) is 2.59. The molecule has 0 radical (unpaired) electrons. The Morgan fingerprint density at radius 3 is 2.74 bits per heavy atom. The molecule has 1 saturated heterocycles. The lowest BCUT2D eigenvalue weighted by Crippen LogP contribution is -2.56. The lowest BCUT2D eigenvalue weighted by atomic mass is 9.90. The van der Waals surface area contributed by atoms with E-state index >= 15 is 0 Å². The van der Waals surface area contributed by atoms with Crippen LogP contribution in [0.1, 0.15) is 18.4 Å². The molecule has 0 bridgehead atoms. The van der Waals surface area contributed by atoms with Crippen LogP contribution in [0.3, 0.4) is 0 Å². The summed E-state index contributed by atoms with van der Waals surface area (Å²) in [6, 6.07) is 12.0. The van der Waals surface area contributed by atoms with Gasteiger partial charge in [-0.1, -0.05) is 30.3 Å². The van der Waals surface area contributed by atoms with Crippen molar-refractivity contribution in [1.82, 2.24) is 5.32 Å². The minimum Gasteiger partial charge on any atom is -0.496 e. The van der Waals surface area contributed by atoms with E-state index in [2.05, 4.69) is 5.32 Å². The molecule has 5 nitrogen and oxygen atoms in total. The third-order valence-corrected chi connectivity index (χ3v) is 4.48. The maximum absolute atomic E-state index is 12.5. The lowest BCUT2D eigenvalue weighted by molar-refractivity contribution is -0.129. The first-order valence-corrected chi connectivity index (χ1v) is 7.83. The lowest BCUT2D eigenvalue weighted by Gasteiger charge is -2.31. The fraction of sp³-hybridized carbons (Fsp3) is 0.389. The van der Waals surface area contributed by atoms with Gasteiger partial charge in [0.1, 0.15) is 5.75 Å². The van der Waals surface area contributed by atoms with E-state index in [1.165, 1.54) is 0 Å². The van der Waals surface area contributed by atoms with Gasteiger partial charge >= 0.3 is 0 Å². The molecular formula is C18H22N2O3. The van der Waals surface area contributed by atoms with E-state index in [1.54, 1.807) is 7.11 Å². The minimum atomic E-state index is -0.837. The third kappa shape index (κ3) is 3.16. The Balaban J connectivity index is 1.82. The van der Waals surface area contributed by atoms with Gasteiger partial charge in [0.25, 0.3) is 0 Å². The number of rotatable bonds is 4. The average molecular weight is 314 g/mol. The summed E-state index contributed by atoms with van der Waals surface area (Å²) in [5.74, 6) is 0.637. The van der Waals surface area contributed by atoms with Gasteiger partial charge < -0.3 is 20.5 Å². The summed E-state index contributed by atoms with van der Waals surface area (Å²) in [5, 5.41) is 5.17. The molecule has 0 aromatic heterocycles. The Kier molecular flexibility index (Phi) is 4.50. The van der Waals surface area contributed by atoms with Crippen LogP contribution >= 0.6 is 0 Å². The van der Waals surface area contributed by atoms with Crippen molar-refractivity contribution < 1.29 is 14.3 Å². The van der Waals surface area contributed by atoms with E-state index < -0.39 is 5.54 Å². The van der Waals surface area contributed by atoms with Gasteiger partial charge in [-0.2, -0.15) is 0 Å². The normalized spacial score (nSPS) is 17.0. The molecule has 0 saturated carbocycles. The maximum atomic E-state index is 12.5. The SMILES string of the molecule is COc1ccc2ccccc2c1CNC(=O)C1(N)CCOCC1. The Labute approximate surface area is 135 Å². The van der Waals surface area contributed by atoms with Crippen LogP contribution in [-0.2, 0) is 16.1 Å². The van der Waals surface area contributed by atoms with Gasteiger partial charge in [0, 0.05) is 25.3 Å². The Morgan fingerprint density at radius 2 is 2.00 bits per heavy atom. The zero-order chi connectivity index (χ0) is 16.3. The second kappa shape index (κ2) is 6.56. The zero-order valence-electron chi connectivity index (χ0n) is 13.3. The number of nitrogens with one attached hydrogen (secondary N) is 1. The summed E-state index contributed by atoms with van der Waals surface area (Å²) in [7, 11) is 1.64. The predicted octanol–water partition coefficient (Wildman–Crippen LogP) is 1.97. The molecule has 23 heavy (non-hydrogen) atoms. The summed E-state index contributed by atoms with van der Waals surface area (Å²) >= 11 is 0. The molecule has 1 fully saturated rings. The molecule has 1 heterocycles. The number of carbonyl (C=O) groups excluding carboxylic acids is 1. The van der Waals surface area contributed by atoms with Crippen LogP contribution in [0, 0.1) is 0 Å². The van der Waals surface area contributed by atoms with Crippen molar-refractivity contribution in [2.45, 2.75) is 24.9 Å². The van der Waals surface area contributed by atoms with Gasteiger partial charge in [0.2, 0.25) is 5.91 Å². The number of methoxy groups -OCH3 is 1. The van der Waals surface area contributed by atoms with Crippen LogP contribution in [0.5, 0.6) is 5.75 Å². The minimum absolute atomic E-state index is 0.129. The fourth-order valence-corrected chi connectivity index (χ4v) is 3.00. The smallest absolute Gasteiger partial charge is 0.240 e. The van der Waals surface area contributed by atoms with Crippen molar-refractivity contribution in [3.63, 3.8) is 0 Å². The number of ether oxygens (including phenoxy) is 2. The zero-order valence-corrected chi connectivity index (χ0v) is 13.3. The number of hydrogen-bond acceptors (Lipinski definition) is 4. The van der Waals surface area contributed by atoms with Crippen molar-refractivity contribution in [2.75, 3.05) is 20.3 Å². The number of amides is 1. The monoisotopic (exact) mass is 314 g/mol. The van der Waals surface area contributed by atoms with E-state index in [0.717, 1.165) is 22.1 Å². The molecule has 0 spiro atoms. The van der Waals surface area contributed by atoms with Crippen LogP contribution in [0.4, 0.5) is 0 Å². The molecule has 1 amide bonds. The number of carbonyl (C=O) groups is 1. The van der Waals surface area contributed by atoms with Crippen LogP contribution in [0.2, 0.25) is 0 Å². The molecule has 3 N–H and O–H groups in total. The highest BCUT2D eigenvalue weighted by Gasteiger charge is 2.35. The summed E-state index contributed by atoms with van der Waals surface area (Å²) < 4.78 is 10.7. The third-order valence-electron chi connectivity index (χ3n) is 4.48. The summed E-state index contributed by atoms with van der Waals surface area (Å²) in [6.45, 7) is 1.45. The van der Waals surface area contributed by atoms with Crippen molar-refractivity contribution in [1.29, 1.82) is 0 Å². The van der Waals surface area contributed by atoms with Gasteiger partial charge in [0.15, 0.2) is 0 Å². The molecule has 1 aliphatic rings. The Bertz CT molecular complexity index is 708. The molecule has 2 aromatic carbocycles. The van der Waals surface area contributed by atoms with Gasteiger partial charge in [-0.25, -0.2) is 0 Å². The first-order chi connectivity index (χ1) is 11.1. The summed E-state index contributed by atoms with van der Waals surface area (Å²) in [6.07, 6.45) is 1.09. The molecule has 122 valence electrons. The molecular weight excluding hydrogens is 292 g/mol. The van der Waals surface area contributed by atoms with Gasteiger partial charge in [-0.05, 0) is 29.7 Å². The fourth-order valence-electron chi connectivity index (χ4n) is 3.00. The van der Waals surface area contributed by atoms with E-state index in [-0.39, 0.29) is 5.91 Å². The predicted molar refractivity (Wildman–Crippen MR) is 89.3 cm³/mol. The van der Waals surface area contributed by atoms with Crippen molar-refractivity contribution >= 4 is 16.7 Å². The van der Waals surface area contributed by atoms with Gasteiger partial charge in [0.05, 0.1) is 12.6 Å². The first kappa shape index (κ1) is 15.8. The Hall–Kier alpha value is -2.11. The summed E-state index contributed by atoms with van der Waals surface area (Å²) in [4.78, 5) is 12.5. The Morgan fingerprint density at radius 1 is 1.26 bits per heavy atom. The molecule has 0 unspecified atom stereocenters. The topological polar surface area (TPSA) is 73.6 Å². The van der Waals surface area contributed by atoms with Crippen LogP contribution < -0.4 is 15.8 Å². The number of benzene rings is 2. The highest BCUT2D eigenvalue weighted by atomic mass is 16.5. The highest BCUT2D eigenvalue weighted by molar-refractivity contribution is 5.89. The van der Waals surface area contributed by atoms with E-state index in [0.29, 0.717) is 32.6 Å². The van der Waals surface area contributed by atoms with Crippen molar-refractivity contribution in [2.24, 2.45) is 5.73 Å². The first-order valence-electron chi connectivity index (χ1n) is 7.83. The second-order valence-electron chi connectivity index (χ2n) is 5.92. The number of nitrogens with two attached hydrogens (primary N) is 1. The van der Waals surface area contributed by atoms with Crippen LogP contribution in [0.25, 0.3) is 10.8 Å². The molecule has 3 rings (SSSR count). The molecule has 5 heteroatoms. The van der Waals surface area contributed by atoms with Crippen LogP contribution in [0.15, 0.2) is 36.4 Å². The molecule has 0 atom stereocenters. The molecule has 2 aromatic rings. The quantitative estimate of drug-likeness (QED) is 0.905. The second-order valence-corrected chi connectivity index (χ2v) is 5.92. The molecule has 1 aliphatic heterocycles. The van der Waals surface area contributed by atoms with Crippen molar-refractivity contribution in [3.05, 3.63) is 42.0 Å². The van der Waals surface area contributed by atoms with E-state index in [9.17, 15) is 4.79 Å². The number of hydrogen-bond donors (Lipinski definition) is 2. The standard InChI is InChI=1S/C18H22N2O3/c1-22-16-7-6-13-4-2-3-5-14(13)15(16)12-20-17(21)18(19)8-10-23-11-9-18/h2-7H,8-12,19H2,1H3,(H,20,21). The van der Waals surface area contributed by atoms with Gasteiger partial charge in [-0.15, -0.1) is 0 Å². The van der Waals surface area contributed by atoms with E-state index in [4.69, 9.17) is 15.2 Å².